The second kappa shape index (κ2) is 5.69. The van der Waals surface area contributed by atoms with Gasteiger partial charge in [-0.25, -0.2) is 9.78 Å². The van der Waals surface area contributed by atoms with Gasteiger partial charge in [-0.05, 0) is 31.1 Å². The molecule has 2 amide bonds. The van der Waals surface area contributed by atoms with E-state index in [2.05, 4.69) is 20.8 Å². The summed E-state index contributed by atoms with van der Waals surface area (Å²) in [4.78, 5) is 35.8. The Hall–Kier alpha value is -1.24. The Balaban J connectivity index is 1.62. The molecule has 3 fully saturated rings. The predicted molar refractivity (Wildman–Crippen MR) is 81.8 cm³/mol. The predicted octanol–water partition coefficient (Wildman–Crippen LogP) is 2.05. The van der Waals surface area contributed by atoms with Crippen molar-refractivity contribution in [2.75, 3.05) is 13.7 Å². The number of hydrogen-bond acceptors (Lipinski definition) is 5. The minimum absolute atomic E-state index is 0.0233. The Morgan fingerprint density at radius 1 is 1.26 bits per heavy atom. The van der Waals surface area contributed by atoms with Crippen molar-refractivity contribution in [3.8, 4) is 0 Å². The summed E-state index contributed by atoms with van der Waals surface area (Å²) in [5, 5.41) is 0. The second-order valence-corrected chi connectivity index (χ2v) is 7.46. The van der Waals surface area contributed by atoms with E-state index in [-0.39, 0.29) is 29.4 Å². The zero-order valence-corrected chi connectivity index (χ0v) is 14.2. The van der Waals surface area contributed by atoms with Crippen LogP contribution in [0.5, 0.6) is 0 Å². The number of carbonyl (C=O) groups is 2. The lowest BCUT2D eigenvalue weighted by atomic mass is 9.43. The maximum absolute atomic E-state index is 11.6. The van der Waals surface area contributed by atoms with E-state index in [4.69, 9.17) is 14.5 Å². The third kappa shape index (κ3) is 2.44. The van der Waals surface area contributed by atoms with Gasteiger partial charge in [-0.2, -0.15) is 0 Å². The number of fused-ring (bicyclic) bond motifs is 2. The maximum atomic E-state index is 11.6. The number of rotatable bonds is 6. The quantitative estimate of drug-likeness (QED) is 0.324. The molecule has 0 radical (unpaired) electrons. The smallest absolute Gasteiger partial charge is 0.253 e. The first-order valence-electron chi connectivity index (χ1n) is 8.22. The van der Waals surface area contributed by atoms with Crippen molar-refractivity contribution >= 4 is 11.8 Å². The first-order chi connectivity index (χ1) is 10.8. The average molecular weight is 323 g/mol. The van der Waals surface area contributed by atoms with E-state index in [1.165, 1.54) is 25.7 Å². The molecule has 0 saturated heterocycles. The van der Waals surface area contributed by atoms with Crippen molar-refractivity contribution in [3.63, 3.8) is 0 Å². The van der Waals surface area contributed by atoms with E-state index in [9.17, 15) is 9.59 Å². The molecule has 0 aromatic rings. The number of methoxy groups -OCH3 is 1. The van der Waals surface area contributed by atoms with E-state index in [0.717, 1.165) is 17.7 Å². The molecule has 0 N–H and O–H groups in total. The van der Waals surface area contributed by atoms with Crippen molar-refractivity contribution < 1.29 is 24.1 Å². The van der Waals surface area contributed by atoms with Crippen LogP contribution in [0.1, 0.15) is 40.0 Å². The molecular formula is C17H25NO5. The fourth-order valence-corrected chi connectivity index (χ4v) is 4.35. The number of nitrogens with zero attached hydrogens (tertiary/aromatic N) is 1. The van der Waals surface area contributed by atoms with Gasteiger partial charge >= 0.3 is 0 Å². The van der Waals surface area contributed by atoms with Crippen molar-refractivity contribution in [1.82, 2.24) is 4.90 Å². The van der Waals surface area contributed by atoms with Gasteiger partial charge in [-0.3, -0.25) is 14.5 Å². The molecule has 4 aliphatic rings. The van der Waals surface area contributed by atoms with Gasteiger partial charge in [-0.15, -0.1) is 0 Å². The Bertz CT molecular complexity index is 525. The Morgan fingerprint density at radius 2 is 1.91 bits per heavy atom. The van der Waals surface area contributed by atoms with Gasteiger partial charge in [0.15, 0.2) is 0 Å². The van der Waals surface area contributed by atoms with E-state index in [1.54, 1.807) is 0 Å². The first kappa shape index (κ1) is 16.6. The first-order valence-corrected chi connectivity index (χ1v) is 8.22. The molecule has 0 spiro atoms. The van der Waals surface area contributed by atoms with Crippen LogP contribution in [0.25, 0.3) is 0 Å². The SMILES string of the molecule is COC(CN1C(=O)C=CC1=O)OOC12CC(CCC1C)C2(C)C. The standard InChI is InChI=1S/C17H25NO5/c1-11-5-6-12-9-17(11,16(12,2)3)23-22-15(21-4)10-18-13(19)7-8-14(18)20/h7-8,11-12,15H,5-6,9-10H2,1-4H3. The highest BCUT2D eigenvalue weighted by Gasteiger charge is 2.67. The van der Waals surface area contributed by atoms with Crippen LogP contribution in [0.15, 0.2) is 12.2 Å². The van der Waals surface area contributed by atoms with Crippen molar-refractivity contribution in [3.05, 3.63) is 12.2 Å². The van der Waals surface area contributed by atoms with Gasteiger partial charge in [0.1, 0.15) is 5.60 Å². The van der Waals surface area contributed by atoms with Crippen molar-refractivity contribution in [2.45, 2.75) is 51.9 Å². The molecule has 2 bridgehead atoms. The minimum Gasteiger partial charge on any atom is -0.352 e. The van der Waals surface area contributed by atoms with Crippen LogP contribution < -0.4 is 0 Å². The van der Waals surface area contributed by atoms with E-state index in [0.29, 0.717) is 11.8 Å². The third-order valence-corrected chi connectivity index (χ3v) is 6.20. The second-order valence-electron chi connectivity index (χ2n) is 7.46. The molecule has 128 valence electrons. The molecule has 3 saturated carbocycles. The highest BCUT2D eigenvalue weighted by molar-refractivity contribution is 6.12. The zero-order chi connectivity index (χ0) is 16.8. The van der Waals surface area contributed by atoms with Gasteiger partial charge in [0.25, 0.3) is 11.8 Å². The van der Waals surface area contributed by atoms with Crippen LogP contribution in [0.2, 0.25) is 0 Å². The highest BCUT2D eigenvalue weighted by Crippen LogP contribution is 2.65. The summed E-state index contributed by atoms with van der Waals surface area (Å²) in [6.07, 6.45) is 5.05. The molecule has 1 heterocycles. The van der Waals surface area contributed by atoms with Crippen molar-refractivity contribution in [2.24, 2.45) is 17.3 Å². The molecule has 0 aromatic carbocycles. The van der Waals surface area contributed by atoms with Gasteiger partial charge < -0.3 is 4.74 Å². The normalized spacial score (nSPS) is 36.3. The average Bonchev–Trinajstić information content (AvgIpc) is 2.83. The fraction of sp³-hybridized carbons (Fsp3) is 0.765. The Kier molecular flexibility index (Phi) is 4.11. The summed E-state index contributed by atoms with van der Waals surface area (Å²) < 4.78 is 5.24. The number of imide groups is 1. The minimum atomic E-state index is -0.791. The number of ether oxygens (including phenoxy) is 1. The van der Waals surface area contributed by atoms with E-state index >= 15 is 0 Å². The fourth-order valence-electron chi connectivity index (χ4n) is 4.35. The summed E-state index contributed by atoms with van der Waals surface area (Å²) in [6, 6.07) is 0. The summed E-state index contributed by atoms with van der Waals surface area (Å²) in [5.74, 6) is 0.355. The van der Waals surface area contributed by atoms with Gasteiger partial charge in [-0.1, -0.05) is 20.8 Å². The van der Waals surface area contributed by atoms with Crippen LogP contribution >= 0.6 is 0 Å². The number of carbonyl (C=O) groups excluding carboxylic acids is 2. The molecule has 4 rings (SSSR count). The highest BCUT2D eigenvalue weighted by atomic mass is 17.2. The zero-order valence-electron chi connectivity index (χ0n) is 14.2. The summed E-state index contributed by atoms with van der Waals surface area (Å²) >= 11 is 0. The van der Waals surface area contributed by atoms with Crippen LogP contribution in [0.4, 0.5) is 0 Å². The molecule has 23 heavy (non-hydrogen) atoms. The maximum Gasteiger partial charge on any atom is 0.253 e. The molecule has 6 nitrogen and oxygen atoms in total. The largest absolute Gasteiger partial charge is 0.352 e. The third-order valence-electron chi connectivity index (χ3n) is 6.20. The van der Waals surface area contributed by atoms with Crippen LogP contribution in [-0.4, -0.2) is 42.3 Å². The molecule has 3 aliphatic carbocycles. The molecular weight excluding hydrogens is 298 g/mol. The van der Waals surface area contributed by atoms with Gasteiger partial charge in [0.05, 0.1) is 6.54 Å². The lowest BCUT2D eigenvalue weighted by molar-refractivity contribution is -0.479. The molecule has 4 unspecified atom stereocenters. The number of amides is 2. The lowest BCUT2D eigenvalue weighted by Gasteiger charge is -2.66. The lowest BCUT2D eigenvalue weighted by Crippen LogP contribution is -2.68. The van der Waals surface area contributed by atoms with Crippen LogP contribution in [0.3, 0.4) is 0 Å². The summed E-state index contributed by atoms with van der Waals surface area (Å²) in [5.41, 5.74) is -0.256. The molecule has 0 aromatic heterocycles. The molecule has 1 aliphatic heterocycles. The van der Waals surface area contributed by atoms with Crippen LogP contribution in [-0.2, 0) is 24.1 Å². The van der Waals surface area contributed by atoms with Gasteiger partial charge in [0, 0.05) is 24.7 Å². The van der Waals surface area contributed by atoms with Gasteiger partial charge in [0.2, 0.25) is 6.29 Å². The Morgan fingerprint density at radius 3 is 2.43 bits per heavy atom. The van der Waals surface area contributed by atoms with E-state index < -0.39 is 6.29 Å². The van der Waals surface area contributed by atoms with Crippen molar-refractivity contribution in [1.29, 1.82) is 0 Å². The monoisotopic (exact) mass is 323 g/mol. The summed E-state index contributed by atoms with van der Waals surface area (Å²) in [7, 11) is 1.48. The Labute approximate surface area is 136 Å². The topological polar surface area (TPSA) is 65.1 Å². The van der Waals surface area contributed by atoms with E-state index in [1.807, 2.05) is 0 Å². The summed E-state index contributed by atoms with van der Waals surface area (Å²) in [6.45, 7) is 6.66. The molecule has 4 atom stereocenters. The van der Waals surface area contributed by atoms with Crippen LogP contribution in [0, 0.1) is 17.3 Å². The number of hydrogen-bond donors (Lipinski definition) is 0. The molecule has 6 heteroatoms.